The van der Waals surface area contributed by atoms with E-state index in [1.807, 2.05) is 0 Å². The van der Waals surface area contributed by atoms with Gasteiger partial charge in [0.25, 0.3) is 0 Å². The number of anilines is 1. The molecule has 0 spiro atoms. The van der Waals surface area contributed by atoms with Crippen LogP contribution in [0.4, 0.5) is 5.00 Å². The minimum absolute atomic E-state index is 0.0394. The van der Waals surface area contributed by atoms with Crippen LogP contribution in [0.3, 0.4) is 0 Å². The Bertz CT molecular complexity index is 269. The number of carboxylic acids is 1. The summed E-state index contributed by atoms with van der Waals surface area (Å²) < 4.78 is 0. The average molecular weight is 158 g/mol. The van der Waals surface area contributed by atoms with Gasteiger partial charge in [0.2, 0.25) is 0 Å². The van der Waals surface area contributed by atoms with Crippen LogP contribution < -0.4 is 5.73 Å². The van der Waals surface area contributed by atoms with Gasteiger partial charge in [-0.15, -0.1) is 11.3 Å². The minimum atomic E-state index is -1.07. The summed E-state index contributed by atoms with van der Waals surface area (Å²) in [6.07, 6.45) is 0. The Hall–Kier alpha value is -1.10. The highest BCUT2D eigenvalue weighted by Crippen LogP contribution is 2.19. The van der Waals surface area contributed by atoms with Crippen LogP contribution in [0.2, 0.25) is 0 Å². The van der Waals surface area contributed by atoms with Crippen LogP contribution in [-0.4, -0.2) is 16.1 Å². The number of hydrogen-bond acceptors (Lipinski definition) is 4. The molecular formula is C5H6N2O2S. The van der Waals surface area contributed by atoms with Crippen LogP contribution in [0, 0.1) is 6.92 Å². The van der Waals surface area contributed by atoms with Gasteiger partial charge in [-0.05, 0) is 6.92 Å². The van der Waals surface area contributed by atoms with Crippen molar-refractivity contribution < 1.29 is 9.90 Å². The molecule has 0 radical (unpaired) electrons. The lowest BCUT2D eigenvalue weighted by Crippen LogP contribution is -2.00. The number of aromatic nitrogens is 1. The third kappa shape index (κ3) is 1.08. The average Bonchev–Trinajstić information content (AvgIpc) is 2.10. The maximum Gasteiger partial charge on any atom is 0.357 e. The van der Waals surface area contributed by atoms with Crippen LogP contribution >= 0.6 is 11.3 Å². The second kappa shape index (κ2) is 2.26. The number of nitrogens with zero attached hydrogens (tertiary/aromatic N) is 1. The van der Waals surface area contributed by atoms with E-state index in [1.165, 1.54) is 11.3 Å². The van der Waals surface area contributed by atoms with Gasteiger partial charge in [-0.2, -0.15) is 0 Å². The standard InChI is InChI=1S/C5H6N2O2S/c1-2-7-3(5(8)9)4(6)10-2/h6H2,1H3,(H,8,9). The first-order valence-electron chi connectivity index (χ1n) is 2.57. The number of carbonyl (C=O) groups is 1. The monoisotopic (exact) mass is 158 g/mol. The Kier molecular flexibility index (Phi) is 1.58. The number of aromatic carboxylic acids is 1. The molecule has 3 N–H and O–H groups in total. The smallest absolute Gasteiger partial charge is 0.357 e. The fourth-order valence-electron chi connectivity index (χ4n) is 0.596. The van der Waals surface area contributed by atoms with Crippen molar-refractivity contribution in [3.05, 3.63) is 10.7 Å². The second-order valence-electron chi connectivity index (χ2n) is 1.75. The van der Waals surface area contributed by atoms with Gasteiger partial charge in [0, 0.05) is 0 Å². The molecule has 1 rings (SSSR count). The Labute approximate surface area is 61.3 Å². The van der Waals surface area contributed by atoms with Gasteiger partial charge in [0.05, 0.1) is 5.01 Å². The largest absolute Gasteiger partial charge is 0.476 e. The number of rotatable bonds is 1. The number of thiazole rings is 1. The van der Waals surface area contributed by atoms with E-state index >= 15 is 0 Å². The van der Waals surface area contributed by atoms with Crippen LogP contribution in [0.25, 0.3) is 0 Å². The van der Waals surface area contributed by atoms with Crippen molar-refractivity contribution in [2.24, 2.45) is 0 Å². The lowest BCUT2D eigenvalue weighted by molar-refractivity contribution is 0.0692. The maximum atomic E-state index is 10.3. The number of nitrogens with two attached hydrogens (primary N) is 1. The van der Waals surface area contributed by atoms with Gasteiger partial charge in [-0.3, -0.25) is 0 Å². The van der Waals surface area contributed by atoms with Gasteiger partial charge >= 0.3 is 5.97 Å². The molecule has 5 heteroatoms. The molecule has 0 saturated heterocycles. The molecule has 0 aliphatic carbocycles. The van der Waals surface area contributed by atoms with E-state index in [0.717, 1.165) is 0 Å². The molecular weight excluding hydrogens is 152 g/mol. The molecule has 1 heterocycles. The van der Waals surface area contributed by atoms with E-state index in [1.54, 1.807) is 6.92 Å². The summed E-state index contributed by atoms with van der Waals surface area (Å²) in [4.78, 5) is 14.0. The molecule has 0 unspecified atom stereocenters. The lowest BCUT2D eigenvalue weighted by atomic mass is 10.5. The van der Waals surface area contributed by atoms with Gasteiger partial charge in [-0.25, -0.2) is 9.78 Å². The van der Waals surface area contributed by atoms with Crippen LogP contribution in [0.1, 0.15) is 15.5 Å². The van der Waals surface area contributed by atoms with Crippen molar-refractivity contribution in [1.29, 1.82) is 0 Å². The molecule has 4 nitrogen and oxygen atoms in total. The molecule has 0 aromatic carbocycles. The molecule has 0 aliphatic rings. The quantitative estimate of drug-likeness (QED) is 0.631. The van der Waals surface area contributed by atoms with Crippen LogP contribution in [0.15, 0.2) is 0 Å². The summed E-state index contributed by atoms with van der Waals surface area (Å²) in [7, 11) is 0. The Balaban J connectivity index is 3.15. The lowest BCUT2D eigenvalue weighted by Gasteiger charge is -1.84. The summed E-state index contributed by atoms with van der Waals surface area (Å²) in [5.41, 5.74) is 5.28. The van der Waals surface area contributed by atoms with Crippen molar-refractivity contribution >= 4 is 22.3 Å². The van der Waals surface area contributed by atoms with Crippen molar-refractivity contribution in [3.63, 3.8) is 0 Å². The zero-order valence-electron chi connectivity index (χ0n) is 5.29. The summed E-state index contributed by atoms with van der Waals surface area (Å²) in [5, 5.41) is 9.39. The van der Waals surface area contributed by atoms with E-state index in [2.05, 4.69) is 4.98 Å². The highest BCUT2D eigenvalue weighted by Gasteiger charge is 2.11. The maximum absolute atomic E-state index is 10.3. The normalized spacial score (nSPS) is 9.70. The van der Waals surface area contributed by atoms with E-state index in [-0.39, 0.29) is 10.7 Å². The Morgan fingerprint density at radius 2 is 2.40 bits per heavy atom. The second-order valence-corrected chi connectivity index (χ2v) is 2.99. The fourth-order valence-corrected chi connectivity index (χ4v) is 1.28. The molecule has 10 heavy (non-hydrogen) atoms. The molecule has 1 aromatic heterocycles. The Morgan fingerprint density at radius 3 is 2.60 bits per heavy atom. The molecule has 54 valence electrons. The summed E-state index contributed by atoms with van der Waals surface area (Å²) in [6.45, 7) is 1.72. The highest BCUT2D eigenvalue weighted by molar-refractivity contribution is 7.15. The first-order valence-corrected chi connectivity index (χ1v) is 3.39. The first-order chi connectivity index (χ1) is 4.61. The molecule has 1 aromatic rings. The number of carboxylic acid groups (broad SMARTS) is 1. The third-order valence-corrected chi connectivity index (χ3v) is 1.76. The zero-order valence-corrected chi connectivity index (χ0v) is 6.10. The molecule has 0 bridgehead atoms. The molecule has 0 atom stereocenters. The summed E-state index contributed by atoms with van der Waals surface area (Å²) in [5.74, 6) is -1.07. The van der Waals surface area contributed by atoms with Crippen molar-refractivity contribution in [2.75, 3.05) is 5.73 Å². The molecule has 0 fully saturated rings. The van der Waals surface area contributed by atoms with Crippen molar-refractivity contribution in [2.45, 2.75) is 6.92 Å². The SMILES string of the molecule is Cc1nc(C(=O)O)c(N)s1. The van der Waals surface area contributed by atoms with Gasteiger partial charge in [0.15, 0.2) is 5.69 Å². The summed E-state index contributed by atoms with van der Waals surface area (Å²) in [6, 6.07) is 0. The Morgan fingerprint density at radius 1 is 1.80 bits per heavy atom. The first kappa shape index (κ1) is 7.01. The third-order valence-electron chi connectivity index (χ3n) is 0.963. The van der Waals surface area contributed by atoms with E-state index < -0.39 is 5.97 Å². The van der Waals surface area contributed by atoms with Crippen molar-refractivity contribution in [3.8, 4) is 0 Å². The molecule has 0 amide bonds. The number of aryl methyl sites for hydroxylation is 1. The van der Waals surface area contributed by atoms with Gasteiger partial charge < -0.3 is 10.8 Å². The van der Waals surface area contributed by atoms with E-state index in [0.29, 0.717) is 5.01 Å². The topological polar surface area (TPSA) is 76.2 Å². The predicted molar refractivity (Wildman–Crippen MR) is 38.2 cm³/mol. The predicted octanol–water partition coefficient (Wildman–Crippen LogP) is 0.732. The van der Waals surface area contributed by atoms with Crippen LogP contribution in [0.5, 0.6) is 0 Å². The molecule has 0 aliphatic heterocycles. The van der Waals surface area contributed by atoms with Crippen LogP contribution in [-0.2, 0) is 0 Å². The highest BCUT2D eigenvalue weighted by atomic mass is 32.1. The van der Waals surface area contributed by atoms with E-state index in [9.17, 15) is 4.79 Å². The van der Waals surface area contributed by atoms with Crippen molar-refractivity contribution in [1.82, 2.24) is 4.98 Å². The van der Waals surface area contributed by atoms with Gasteiger partial charge in [-0.1, -0.05) is 0 Å². The number of nitrogen functional groups attached to an aromatic ring is 1. The fraction of sp³-hybridized carbons (Fsp3) is 0.200. The van der Waals surface area contributed by atoms with Gasteiger partial charge in [0.1, 0.15) is 5.00 Å². The number of hydrogen-bond donors (Lipinski definition) is 2. The molecule has 0 saturated carbocycles. The summed E-state index contributed by atoms with van der Waals surface area (Å²) >= 11 is 1.18. The minimum Gasteiger partial charge on any atom is -0.476 e. The van der Waals surface area contributed by atoms with E-state index in [4.69, 9.17) is 10.8 Å². The zero-order chi connectivity index (χ0) is 7.72.